The Balaban J connectivity index is 2.08. The van der Waals surface area contributed by atoms with Gasteiger partial charge in [-0.25, -0.2) is 4.98 Å². The predicted molar refractivity (Wildman–Crippen MR) is 83.3 cm³/mol. The summed E-state index contributed by atoms with van der Waals surface area (Å²) in [7, 11) is 0. The maximum absolute atomic E-state index is 6.08. The van der Waals surface area contributed by atoms with E-state index in [2.05, 4.69) is 29.0 Å². The number of nitrogens with zero attached hydrogens (tertiary/aromatic N) is 3. The van der Waals surface area contributed by atoms with Gasteiger partial charge in [-0.1, -0.05) is 42.2 Å². The second-order valence-corrected chi connectivity index (χ2v) is 6.54. The lowest BCUT2D eigenvalue weighted by molar-refractivity contribution is 0.289. The van der Waals surface area contributed by atoms with Crippen molar-refractivity contribution in [3.63, 3.8) is 0 Å². The third-order valence-electron chi connectivity index (χ3n) is 3.32. The SMILES string of the molecule is CC(C)(CCN)CCc1nc(-c2ncc(Cl)cc2Cl)no1. The Labute approximate surface area is 133 Å². The molecule has 0 aliphatic carbocycles. The number of hydrogen-bond acceptors (Lipinski definition) is 5. The van der Waals surface area contributed by atoms with Crippen LogP contribution in [0, 0.1) is 5.41 Å². The van der Waals surface area contributed by atoms with Gasteiger partial charge in [-0.2, -0.15) is 4.98 Å². The number of halogens is 2. The zero-order chi connectivity index (χ0) is 15.5. The van der Waals surface area contributed by atoms with E-state index in [0.717, 1.165) is 12.8 Å². The zero-order valence-electron chi connectivity index (χ0n) is 12.1. The summed E-state index contributed by atoms with van der Waals surface area (Å²) in [6, 6.07) is 1.60. The summed E-state index contributed by atoms with van der Waals surface area (Å²) in [4.78, 5) is 8.47. The van der Waals surface area contributed by atoms with Crippen molar-refractivity contribution in [2.75, 3.05) is 6.54 Å². The molecule has 2 heterocycles. The summed E-state index contributed by atoms with van der Waals surface area (Å²) in [6.45, 7) is 5.02. The number of aryl methyl sites for hydroxylation is 1. The fourth-order valence-electron chi connectivity index (χ4n) is 1.99. The summed E-state index contributed by atoms with van der Waals surface area (Å²) >= 11 is 11.9. The highest BCUT2D eigenvalue weighted by Crippen LogP contribution is 2.28. The summed E-state index contributed by atoms with van der Waals surface area (Å²) < 4.78 is 5.25. The first-order valence-corrected chi connectivity index (χ1v) is 7.51. The van der Waals surface area contributed by atoms with Crippen molar-refractivity contribution < 1.29 is 4.52 Å². The molecule has 2 rings (SSSR count). The summed E-state index contributed by atoms with van der Waals surface area (Å²) in [5.41, 5.74) is 6.23. The fraction of sp³-hybridized carbons (Fsp3) is 0.500. The van der Waals surface area contributed by atoms with Gasteiger partial charge in [-0.3, -0.25) is 0 Å². The van der Waals surface area contributed by atoms with E-state index in [1.165, 1.54) is 6.20 Å². The maximum atomic E-state index is 6.08. The van der Waals surface area contributed by atoms with Crippen molar-refractivity contribution >= 4 is 23.2 Å². The van der Waals surface area contributed by atoms with Crippen LogP contribution in [0.3, 0.4) is 0 Å². The van der Waals surface area contributed by atoms with E-state index < -0.39 is 0 Å². The van der Waals surface area contributed by atoms with Crippen LogP contribution in [-0.4, -0.2) is 21.7 Å². The molecule has 0 saturated heterocycles. The van der Waals surface area contributed by atoms with E-state index in [4.69, 9.17) is 33.5 Å². The number of pyridine rings is 1. The van der Waals surface area contributed by atoms with Crippen molar-refractivity contribution in [3.8, 4) is 11.5 Å². The molecule has 0 atom stereocenters. The number of nitrogens with two attached hydrogens (primary N) is 1. The normalized spacial score (nSPS) is 11.9. The van der Waals surface area contributed by atoms with Crippen LogP contribution in [0.25, 0.3) is 11.5 Å². The van der Waals surface area contributed by atoms with E-state index in [1.54, 1.807) is 6.07 Å². The quantitative estimate of drug-likeness (QED) is 0.873. The van der Waals surface area contributed by atoms with Gasteiger partial charge in [-0.15, -0.1) is 0 Å². The lowest BCUT2D eigenvalue weighted by Crippen LogP contribution is -2.17. The molecule has 2 aromatic rings. The van der Waals surface area contributed by atoms with Gasteiger partial charge in [0.1, 0.15) is 5.69 Å². The molecule has 0 saturated carbocycles. The van der Waals surface area contributed by atoms with Gasteiger partial charge in [0.05, 0.1) is 10.0 Å². The van der Waals surface area contributed by atoms with Gasteiger partial charge in [0, 0.05) is 12.6 Å². The molecule has 0 unspecified atom stereocenters. The van der Waals surface area contributed by atoms with Crippen LogP contribution in [0.5, 0.6) is 0 Å². The first-order chi connectivity index (χ1) is 9.91. The summed E-state index contributed by atoms with van der Waals surface area (Å²) in [5, 5.41) is 4.79. The molecule has 0 aromatic carbocycles. The van der Waals surface area contributed by atoms with Crippen LogP contribution in [-0.2, 0) is 6.42 Å². The predicted octanol–water partition coefficient (Wildman–Crippen LogP) is 3.75. The van der Waals surface area contributed by atoms with E-state index in [-0.39, 0.29) is 5.41 Å². The molecule has 0 amide bonds. The molecular weight excluding hydrogens is 311 g/mol. The third kappa shape index (κ3) is 4.40. The lowest BCUT2D eigenvalue weighted by atomic mass is 9.84. The van der Waals surface area contributed by atoms with Crippen LogP contribution in [0.1, 0.15) is 32.6 Å². The molecule has 0 bridgehead atoms. The highest BCUT2D eigenvalue weighted by Gasteiger charge is 2.19. The van der Waals surface area contributed by atoms with E-state index in [9.17, 15) is 0 Å². The van der Waals surface area contributed by atoms with Crippen LogP contribution < -0.4 is 5.73 Å². The average Bonchev–Trinajstić information content (AvgIpc) is 2.85. The number of hydrogen-bond donors (Lipinski definition) is 1. The minimum absolute atomic E-state index is 0.152. The van der Waals surface area contributed by atoms with Gasteiger partial charge in [0.2, 0.25) is 11.7 Å². The van der Waals surface area contributed by atoms with Gasteiger partial charge >= 0.3 is 0 Å². The molecule has 0 spiro atoms. The summed E-state index contributed by atoms with van der Waals surface area (Å²) in [5.74, 6) is 0.950. The maximum Gasteiger partial charge on any atom is 0.227 e. The Hall–Kier alpha value is -1.17. The molecule has 7 heteroatoms. The number of rotatable bonds is 6. The Morgan fingerprint density at radius 3 is 2.71 bits per heavy atom. The Morgan fingerprint density at radius 1 is 1.29 bits per heavy atom. The second kappa shape index (κ2) is 6.73. The van der Waals surface area contributed by atoms with Crippen molar-refractivity contribution in [1.82, 2.24) is 15.1 Å². The van der Waals surface area contributed by atoms with Crippen molar-refractivity contribution in [2.24, 2.45) is 11.1 Å². The molecular formula is C14H18Cl2N4O. The third-order valence-corrected chi connectivity index (χ3v) is 3.82. The molecule has 0 aliphatic rings. The van der Waals surface area contributed by atoms with E-state index in [1.807, 2.05) is 0 Å². The van der Waals surface area contributed by atoms with Gasteiger partial charge in [0.25, 0.3) is 0 Å². The molecule has 114 valence electrons. The molecule has 2 aromatic heterocycles. The van der Waals surface area contributed by atoms with Crippen LogP contribution >= 0.6 is 23.2 Å². The molecule has 0 aliphatic heterocycles. The first-order valence-electron chi connectivity index (χ1n) is 6.75. The minimum atomic E-state index is 0.152. The topological polar surface area (TPSA) is 77.8 Å². The lowest BCUT2D eigenvalue weighted by Gasteiger charge is -2.22. The van der Waals surface area contributed by atoms with Gasteiger partial charge in [0.15, 0.2) is 0 Å². The van der Waals surface area contributed by atoms with Crippen LogP contribution in [0.2, 0.25) is 10.0 Å². The minimum Gasteiger partial charge on any atom is -0.339 e. The van der Waals surface area contributed by atoms with E-state index >= 15 is 0 Å². The van der Waals surface area contributed by atoms with Crippen LogP contribution in [0.4, 0.5) is 0 Å². The second-order valence-electron chi connectivity index (χ2n) is 5.70. The van der Waals surface area contributed by atoms with Crippen molar-refractivity contribution in [2.45, 2.75) is 33.1 Å². The highest BCUT2D eigenvalue weighted by atomic mass is 35.5. The van der Waals surface area contributed by atoms with Crippen molar-refractivity contribution in [1.29, 1.82) is 0 Å². The molecule has 0 radical (unpaired) electrons. The zero-order valence-corrected chi connectivity index (χ0v) is 13.6. The summed E-state index contributed by atoms with van der Waals surface area (Å²) in [6.07, 6.45) is 4.08. The molecule has 5 nitrogen and oxygen atoms in total. The average molecular weight is 329 g/mol. The monoisotopic (exact) mass is 328 g/mol. The molecule has 21 heavy (non-hydrogen) atoms. The highest BCUT2D eigenvalue weighted by molar-refractivity contribution is 6.35. The van der Waals surface area contributed by atoms with E-state index in [0.29, 0.717) is 40.4 Å². The number of aromatic nitrogens is 3. The smallest absolute Gasteiger partial charge is 0.227 e. The first kappa shape index (κ1) is 16.2. The largest absolute Gasteiger partial charge is 0.339 e. The van der Waals surface area contributed by atoms with Gasteiger partial charge in [-0.05, 0) is 30.9 Å². The van der Waals surface area contributed by atoms with Gasteiger partial charge < -0.3 is 10.3 Å². The Morgan fingerprint density at radius 2 is 2.05 bits per heavy atom. The van der Waals surface area contributed by atoms with Crippen molar-refractivity contribution in [3.05, 3.63) is 28.2 Å². The molecule has 0 fully saturated rings. The Kier molecular flexibility index (Phi) is 5.19. The fourth-order valence-corrected chi connectivity index (χ4v) is 2.46. The van der Waals surface area contributed by atoms with Crippen LogP contribution in [0.15, 0.2) is 16.8 Å². The standard InChI is InChI=1S/C14H18Cl2N4O/c1-14(2,5-6-17)4-3-11-19-13(20-21-11)12-10(16)7-9(15)8-18-12/h7-8H,3-6,17H2,1-2H3. The Bertz CT molecular complexity index is 613. The molecule has 2 N–H and O–H groups in total.